The number of hydrogen-bond acceptors (Lipinski definition) is 6. The molecule has 1 saturated carbocycles. The third-order valence-electron chi connectivity index (χ3n) is 3.65. The molecule has 21 heavy (non-hydrogen) atoms. The average Bonchev–Trinajstić information content (AvgIpc) is 2.74. The molecule has 0 radical (unpaired) electrons. The van der Waals surface area contributed by atoms with Crippen molar-refractivity contribution in [3.8, 4) is 0 Å². The number of aryl methyl sites for hydroxylation is 1. The highest BCUT2D eigenvalue weighted by Crippen LogP contribution is 2.35. The molecule has 1 aliphatic carbocycles. The third-order valence-corrected chi connectivity index (χ3v) is 5.16. The zero-order chi connectivity index (χ0) is 14.8. The SMILES string of the molecule is Cc1nc(CCNc2cc(C3CC(O)C3)ncn2)sc1Cl. The summed E-state index contributed by atoms with van der Waals surface area (Å²) in [5.41, 5.74) is 1.90. The quantitative estimate of drug-likeness (QED) is 0.885. The molecule has 2 aromatic heterocycles. The minimum Gasteiger partial charge on any atom is -0.393 e. The van der Waals surface area contributed by atoms with Crippen LogP contribution in [0.25, 0.3) is 0 Å². The summed E-state index contributed by atoms with van der Waals surface area (Å²) < 4.78 is 0.762. The van der Waals surface area contributed by atoms with Crippen LogP contribution < -0.4 is 5.32 Å². The second-order valence-corrected chi connectivity index (χ2v) is 6.98. The highest BCUT2D eigenvalue weighted by Gasteiger charge is 2.29. The fraction of sp³-hybridized carbons (Fsp3) is 0.500. The molecule has 0 saturated heterocycles. The summed E-state index contributed by atoms with van der Waals surface area (Å²) >= 11 is 7.53. The predicted octanol–water partition coefficient (Wildman–Crippen LogP) is 2.79. The van der Waals surface area contributed by atoms with E-state index in [0.717, 1.165) is 52.4 Å². The van der Waals surface area contributed by atoms with Crippen molar-refractivity contribution in [2.75, 3.05) is 11.9 Å². The number of aliphatic hydroxyl groups excluding tert-OH is 1. The summed E-state index contributed by atoms with van der Waals surface area (Å²) in [6.07, 6.45) is 3.83. The molecule has 2 aromatic rings. The molecule has 1 fully saturated rings. The minimum absolute atomic E-state index is 0.167. The van der Waals surface area contributed by atoms with Crippen LogP contribution in [-0.2, 0) is 6.42 Å². The standard InChI is InChI=1S/C14H17ClN4OS/c1-8-14(15)21-13(19-8)2-3-16-12-6-11(17-7-18-12)9-4-10(20)5-9/h6-7,9-10,20H,2-5H2,1H3,(H,16,17,18). The fourth-order valence-electron chi connectivity index (χ4n) is 2.36. The van der Waals surface area contributed by atoms with Crippen LogP contribution in [0.15, 0.2) is 12.4 Å². The molecule has 7 heteroatoms. The van der Waals surface area contributed by atoms with Gasteiger partial charge in [0.25, 0.3) is 0 Å². The van der Waals surface area contributed by atoms with E-state index in [1.165, 1.54) is 11.3 Å². The summed E-state index contributed by atoms with van der Waals surface area (Å²) in [4.78, 5) is 12.9. The number of nitrogens with one attached hydrogen (secondary N) is 1. The van der Waals surface area contributed by atoms with Gasteiger partial charge < -0.3 is 10.4 Å². The van der Waals surface area contributed by atoms with Crippen molar-refractivity contribution < 1.29 is 5.11 Å². The lowest BCUT2D eigenvalue weighted by Gasteiger charge is -2.30. The summed E-state index contributed by atoms with van der Waals surface area (Å²) in [6, 6.07) is 1.97. The monoisotopic (exact) mass is 324 g/mol. The van der Waals surface area contributed by atoms with Gasteiger partial charge in [-0.25, -0.2) is 15.0 Å². The molecule has 0 unspecified atom stereocenters. The molecule has 0 atom stereocenters. The van der Waals surface area contributed by atoms with E-state index < -0.39 is 0 Å². The fourth-order valence-corrected chi connectivity index (χ4v) is 3.45. The Morgan fingerprint density at radius 3 is 2.90 bits per heavy atom. The van der Waals surface area contributed by atoms with E-state index in [9.17, 15) is 5.11 Å². The number of aromatic nitrogens is 3. The number of thiazole rings is 1. The molecule has 3 rings (SSSR count). The average molecular weight is 325 g/mol. The van der Waals surface area contributed by atoms with Gasteiger partial charge in [0.15, 0.2) is 0 Å². The maximum atomic E-state index is 9.37. The van der Waals surface area contributed by atoms with Crippen LogP contribution in [0.5, 0.6) is 0 Å². The van der Waals surface area contributed by atoms with Crippen LogP contribution in [0.2, 0.25) is 4.34 Å². The molecule has 112 valence electrons. The second-order valence-electron chi connectivity index (χ2n) is 5.29. The molecule has 1 aliphatic rings. The van der Waals surface area contributed by atoms with Gasteiger partial charge in [0, 0.05) is 30.6 Å². The number of aliphatic hydroxyl groups is 1. The van der Waals surface area contributed by atoms with E-state index >= 15 is 0 Å². The van der Waals surface area contributed by atoms with Crippen LogP contribution in [0.4, 0.5) is 5.82 Å². The largest absolute Gasteiger partial charge is 0.393 e. The van der Waals surface area contributed by atoms with Crippen LogP contribution in [0, 0.1) is 6.92 Å². The van der Waals surface area contributed by atoms with E-state index in [4.69, 9.17) is 11.6 Å². The first-order valence-corrected chi connectivity index (χ1v) is 8.17. The number of nitrogens with zero attached hydrogens (tertiary/aromatic N) is 3. The van der Waals surface area contributed by atoms with Gasteiger partial charge in [-0.2, -0.15) is 0 Å². The molecule has 0 amide bonds. The minimum atomic E-state index is -0.167. The second kappa shape index (κ2) is 6.25. The first-order chi connectivity index (χ1) is 10.1. The Morgan fingerprint density at radius 2 is 2.24 bits per heavy atom. The third kappa shape index (κ3) is 3.51. The Morgan fingerprint density at radius 1 is 1.43 bits per heavy atom. The van der Waals surface area contributed by atoms with Crippen molar-refractivity contribution in [1.29, 1.82) is 0 Å². The predicted molar refractivity (Wildman–Crippen MR) is 84.1 cm³/mol. The van der Waals surface area contributed by atoms with Crippen LogP contribution in [0.3, 0.4) is 0 Å². The van der Waals surface area contributed by atoms with E-state index in [2.05, 4.69) is 20.3 Å². The maximum absolute atomic E-state index is 9.37. The number of rotatable bonds is 5. The number of halogens is 1. The van der Waals surface area contributed by atoms with Crippen molar-refractivity contribution >= 4 is 28.8 Å². The first kappa shape index (κ1) is 14.7. The molecule has 2 heterocycles. The molecule has 0 bridgehead atoms. The Balaban J connectivity index is 1.54. The van der Waals surface area contributed by atoms with E-state index in [1.807, 2.05) is 13.0 Å². The van der Waals surface area contributed by atoms with E-state index in [0.29, 0.717) is 5.92 Å². The summed E-state index contributed by atoms with van der Waals surface area (Å²) in [6.45, 7) is 2.67. The van der Waals surface area contributed by atoms with Crippen molar-refractivity contribution in [3.63, 3.8) is 0 Å². The highest BCUT2D eigenvalue weighted by atomic mass is 35.5. The maximum Gasteiger partial charge on any atom is 0.129 e. The number of hydrogen-bond donors (Lipinski definition) is 2. The molecule has 5 nitrogen and oxygen atoms in total. The van der Waals surface area contributed by atoms with Crippen molar-refractivity contribution in [2.45, 2.75) is 38.2 Å². The number of anilines is 1. The van der Waals surface area contributed by atoms with Crippen molar-refractivity contribution in [2.24, 2.45) is 0 Å². The van der Waals surface area contributed by atoms with Gasteiger partial charge in [-0.3, -0.25) is 0 Å². The van der Waals surface area contributed by atoms with Gasteiger partial charge in [-0.15, -0.1) is 11.3 Å². The van der Waals surface area contributed by atoms with Crippen LogP contribution in [0.1, 0.15) is 35.2 Å². The summed E-state index contributed by atoms with van der Waals surface area (Å²) in [7, 11) is 0. The first-order valence-electron chi connectivity index (χ1n) is 6.97. The highest BCUT2D eigenvalue weighted by molar-refractivity contribution is 7.16. The summed E-state index contributed by atoms with van der Waals surface area (Å²) in [5.74, 6) is 1.18. The zero-order valence-corrected chi connectivity index (χ0v) is 13.3. The Bertz CT molecular complexity index is 608. The molecule has 0 aliphatic heterocycles. The Hall–Kier alpha value is -1.24. The smallest absolute Gasteiger partial charge is 0.129 e. The summed E-state index contributed by atoms with van der Waals surface area (Å²) in [5, 5.41) is 13.7. The molecular formula is C14H17ClN4OS. The molecule has 2 N–H and O–H groups in total. The van der Waals surface area contributed by atoms with Gasteiger partial charge in [0.2, 0.25) is 0 Å². The van der Waals surface area contributed by atoms with Crippen LogP contribution >= 0.6 is 22.9 Å². The lowest BCUT2D eigenvalue weighted by molar-refractivity contribution is 0.0732. The van der Waals surface area contributed by atoms with Crippen molar-refractivity contribution in [1.82, 2.24) is 15.0 Å². The molecule has 0 aromatic carbocycles. The topological polar surface area (TPSA) is 70.9 Å². The van der Waals surface area contributed by atoms with Gasteiger partial charge in [-0.05, 0) is 19.8 Å². The van der Waals surface area contributed by atoms with Crippen LogP contribution in [-0.4, -0.2) is 32.7 Å². The van der Waals surface area contributed by atoms with Gasteiger partial charge >= 0.3 is 0 Å². The van der Waals surface area contributed by atoms with Gasteiger partial charge in [0.05, 0.1) is 16.8 Å². The van der Waals surface area contributed by atoms with E-state index in [-0.39, 0.29) is 6.10 Å². The lowest BCUT2D eigenvalue weighted by Crippen LogP contribution is -2.27. The van der Waals surface area contributed by atoms with Gasteiger partial charge in [0.1, 0.15) is 16.5 Å². The lowest BCUT2D eigenvalue weighted by atomic mass is 9.80. The van der Waals surface area contributed by atoms with E-state index in [1.54, 1.807) is 6.33 Å². The zero-order valence-electron chi connectivity index (χ0n) is 11.7. The molecule has 0 spiro atoms. The molecular weight excluding hydrogens is 308 g/mol. The van der Waals surface area contributed by atoms with Crippen molar-refractivity contribution in [3.05, 3.63) is 33.1 Å². The Kier molecular flexibility index (Phi) is 4.37. The normalized spacial score (nSPS) is 21.1. The Labute approximate surface area is 132 Å². The van der Waals surface area contributed by atoms with Gasteiger partial charge in [-0.1, -0.05) is 11.6 Å².